The third kappa shape index (κ3) is 3.00. The number of carbonyl (C=O) groups excluding carboxylic acids is 1. The highest BCUT2D eigenvalue weighted by Gasteiger charge is 2.57. The molecule has 0 amide bonds. The number of anilines is 1. The molecule has 1 aliphatic rings. The van der Waals surface area contributed by atoms with E-state index in [1.54, 1.807) is 24.1 Å². The maximum absolute atomic E-state index is 15.1. The summed E-state index contributed by atoms with van der Waals surface area (Å²) in [5.74, 6) is 0.884. The number of aliphatic hydroxyl groups excluding tert-OH is 2. The molecule has 0 saturated carbocycles. The Morgan fingerprint density at radius 1 is 1.44 bits per heavy atom. The highest BCUT2D eigenvalue weighted by Crippen LogP contribution is 2.40. The summed E-state index contributed by atoms with van der Waals surface area (Å²) in [6.45, 7) is -0.724. The molecule has 0 bridgehead atoms. The first kappa shape index (κ1) is 18.7. The largest absolute Gasteiger partial charge is 0.394 e. The number of nitrogen functional groups attached to an aromatic ring is 1. The van der Waals surface area contributed by atoms with Gasteiger partial charge in [-0.1, -0.05) is 36.3 Å². The number of rotatable bonds is 4. The number of halogens is 1. The van der Waals surface area contributed by atoms with Gasteiger partial charge < -0.3 is 20.7 Å². The second kappa shape index (κ2) is 6.92. The predicted molar refractivity (Wildman–Crippen MR) is 92.5 cm³/mol. The van der Waals surface area contributed by atoms with E-state index in [-0.39, 0.29) is 16.9 Å². The molecule has 3 rings (SSSR count). The van der Waals surface area contributed by atoms with Gasteiger partial charge in [-0.15, -0.1) is 6.42 Å². The van der Waals surface area contributed by atoms with Crippen molar-refractivity contribution in [1.29, 1.82) is 0 Å². The van der Waals surface area contributed by atoms with Crippen LogP contribution >= 0.6 is 0 Å². The van der Waals surface area contributed by atoms with Crippen molar-refractivity contribution >= 4 is 11.6 Å². The monoisotopic (exact) mass is 373 g/mol. The molecule has 9 heteroatoms. The van der Waals surface area contributed by atoms with E-state index in [1.165, 1.54) is 12.1 Å². The molecule has 0 aliphatic carbocycles. The Morgan fingerprint density at radius 3 is 2.70 bits per heavy atom. The molecule has 4 N–H and O–H groups in total. The van der Waals surface area contributed by atoms with Crippen molar-refractivity contribution in [3.05, 3.63) is 58.1 Å². The maximum atomic E-state index is 15.1. The number of benzene rings is 1. The Balaban J connectivity index is 2.11. The quantitative estimate of drug-likeness (QED) is 0.494. The molecule has 2 heterocycles. The second-order valence-electron chi connectivity index (χ2n) is 5.99. The fraction of sp³-hybridized carbons (Fsp3) is 0.278. The molecule has 140 valence electrons. The Hall–Kier alpha value is -3.06. The van der Waals surface area contributed by atoms with Crippen LogP contribution in [0.3, 0.4) is 0 Å². The number of nitrogens with zero attached hydrogens (tertiary/aromatic N) is 2. The van der Waals surface area contributed by atoms with E-state index in [2.05, 4.69) is 4.98 Å². The van der Waals surface area contributed by atoms with E-state index in [4.69, 9.17) is 16.9 Å². The second-order valence-corrected chi connectivity index (χ2v) is 5.99. The average Bonchev–Trinajstić information content (AvgIpc) is 2.93. The van der Waals surface area contributed by atoms with Crippen LogP contribution in [-0.2, 0) is 4.74 Å². The van der Waals surface area contributed by atoms with Gasteiger partial charge in [-0.05, 0) is 0 Å². The van der Waals surface area contributed by atoms with E-state index < -0.39 is 42.2 Å². The number of nitrogens with two attached hydrogens (primary N) is 1. The van der Waals surface area contributed by atoms with Crippen molar-refractivity contribution in [2.75, 3.05) is 12.3 Å². The third-order valence-corrected chi connectivity index (χ3v) is 4.36. The third-order valence-electron chi connectivity index (χ3n) is 4.36. The van der Waals surface area contributed by atoms with Gasteiger partial charge in [0, 0.05) is 11.8 Å². The summed E-state index contributed by atoms with van der Waals surface area (Å²) in [6, 6.07) is 8.07. The van der Waals surface area contributed by atoms with Crippen LogP contribution in [0, 0.1) is 12.3 Å². The molecule has 1 aliphatic heterocycles. The number of alkyl halides is 1. The van der Waals surface area contributed by atoms with Crippen LogP contribution in [0.1, 0.15) is 22.1 Å². The molecule has 1 fully saturated rings. The van der Waals surface area contributed by atoms with E-state index in [9.17, 15) is 19.8 Å². The van der Waals surface area contributed by atoms with Gasteiger partial charge in [-0.3, -0.25) is 9.36 Å². The number of hydrogen-bond acceptors (Lipinski definition) is 7. The van der Waals surface area contributed by atoms with Gasteiger partial charge in [0.05, 0.1) is 12.2 Å². The number of ketones is 1. The Labute approximate surface area is 153 Å². The highest BCUT2D eigenvalue weighted by atomic mass is 19.1. The summed E-state index contributed by atoms with van der Waals surface area (Å²) in [5, 5.41) is 19.2. The SMILES string of the molecule is C#C[C@@]1(F)[C@H](O)[C@@H](CO)O[C@H]1n1cc(C(=O)c2ccccc2)c(N)nc1=O. The first-order valence-electron chi connectivity index (χ1n) is 7.93. The lowest BCUT2D eigenvalue weighted by Crippen LogP contribution is -2.44. The minimum atomic E-state index is -2.82. The van der Waals surface area contributed by atoms with Crippen LogP contribution in [0.4, 0.5) is 10.2 Å². The molecule has 1 saturated heterocycles. The zero-order valence-electron chi connectivity index (χ0n) is 13.9. The lowest BCUT2D eigenvalue weighted by atomic mass is 9.97. The van der Waals surface area contributed by atoms with Gasteiger partial charge in [-0.25, -0.2) is 9.18 Å². The maximum Gasteiger partial charge on any atom is 0.351 e. The van der Waals surface area contributed by atoms with Crippen LogP contribution in [0.2, 0.25) is 0 Å². The van der Waals surface area contributed by atoms with E-state index in [1.807, 2.05) is 0 Å². The zero-order chi connectivity index (χ0) is 19.8. The van der Waals surface area contributed by atoms with Crippen molar-refractivity contribution < 1.29 is 24.1 Å². The molecule has 2 aromatic rings. The van der Waals surface area contributed by atoms with Crippen LogP contribution in [0.5, 0.6) is 0 Å². The van der Waals surface area contributed by atoms with Gasteiger partial charge in [0.15, 0.2) is 12.0 Å². The van der Waals surface area contributed by atoms with E-state index in [0.29, 0.717) is 4.57 Å². The summed E-state index contributed by atoms with van der Waals surface area (Å²) in [4.78, 5) is 28.5. The molecule has 0 unspecified atom stereocenters. The summed E-state index contributed by atoms with van der Waals surface area (Å²) in [7, 11) is 0. The van der Waals surface area contributed by atoms with Crippen LogP contribution in [0.15, 0.2) is 41.3 Å². The number of carbonyl (C=O) groups is 1. The molecule has 1 aromatic heterocycles. The number of ether oxygens (including phenoxy) is 1. The molecule has 4 atom stereocenters. The van der Waals surface area contributed by atoms with Crippen molar-refractivity contribution in [3.63, 3.8) is 0 Å². The van der Waals surface area contributed by atoms with Crippen molar-refractivity contribution in [1.82, 2.24) is 9.55 Å². The predicted octanol–water partition coefficient (Wildman–Crippen LogP) is -0.351. The summed E-state index contributed by atoms with van der Waals surface area (Å²) in [5.41, 5.74) is 1.97. The Morgan fingerprint density at radius 2 is 2.11 bits per heavy atom. The molecule has 27 heavy (non-hydrogen) atoms. The van der Waals surface area contributed by atoms with Crippen molar-refractivity contribution in [2.45, 2.75) is 24.1 Å². The topological polar surface area (TPSA) is 128 Å². The van der Waals surface area contributed by atoms with Crippen molar-refractivity contribution in [3.8, 4) is 12.3 Å². The molecule has 8 nitrogen and oxygen atoms in total. The lowest BCUT2D eigenvalue weighted by Gasteiger charge is -2.24. The molecule has 0 radical (unpaired) electrons. The molecular formula is C18H16FN3O5. The minimum Gasteiger partial charge on any atom is -0.394 e. The van der Waals surface area contributed by atoms with Gasteiger partial charge in [0.1, 0.15) is 18.0 Å². The van der Waals surface area contributed by atoms with E-state index in [0.717, 1.165) is 6.20 Å². The minimum absolute atomic E-state index is 0.161. The molecular weight excluding hydrogens is 357 g/mol. The highest BCUT2D eigenvalue weighted by molar-refractivity contribution is 6.11. The number of aromatic nitrogens is 2. The normalized spacial score (nSPS) is 27.3. The molecule has 0 spiro atoms. The van der Waals surface area contributed by atoms with Crippen LogP contribution in [-0.4, -0.2) is 50.0 Å². The van der Waals surface area contributed by atoms with Crippen LogP contribution in [0.25, 0.3) is 0 Å². The fourth-order valence-electron chi connectivity index (χ4n) is 2.89. The standard InChI is InChI=1S/C18H16FN3O5/c1-2-18(19)14(25)12(9-23)27-16(18)22-8-11(15(20)21-17(22)26)13(24)10-6-4-3-5-7-10/h1,3-8,12,14,16,23,25H,9H2,(H2,20,21,26)/t12-,14-,16-,18-/m1/s1. The summed E-state index contributed by atoms with van der Waals surface area (Å²) in [6.07, 6.45) is 1.16. The van der Waals surface area contributed by atoms with Gasteiger partial charge in [0.25, 0.3) is 0 Å². The first-order chi connectivity index (χ1) is 12.8. The number of aliphatic hydroxyl groups is 2. The zero-order valence-corrected chi connectivity index (χ0v) is 13.9. The Kier molecular flexibility index (Phi) is 4.80. The average molecular weight is 373 g/mol. The smallest absolute Gasteiger partial charge is 0.351 e. The number of hydrogen-bond donors (Lipinski definition) is 3. The molecule has 1 aromatic carbocycles. The number of terminal acetylenes is 1. The van der Waals surface area contributed by atoms with Gasteiger partial charge in [-0.2, -0.15) is 4.98 Å². The fourth-order valence-corrected chi connectivity index (χ4v) is 2.89. The van der Waals surface area contributed by atoms with E-state index >= 15 is 4.39 Å². The Bertz CT molecular complexity index is 971. The van der Waals surface area contributed by atoms with Crippen molar-refractivity contribution in [2.24, 2.45) is 0 Å². The van der Waals surface area contributed by atoms with Gasteiger partial charge in [0.2, 0.25) is 5.67 Å². The summed E-state index contributed by atoms with van der Waals surface area (Å²) < 4.78 is 21.0. The van der Waals surface area contributed by atoms with Crippen LogP contribution < -0.4 is 11.4 Å². The first-order valence-corrected chi connectivity index (χ1v) is 7.93. The van der Waals surface area contributed by atoms with Gasteiger partial charge >= 0.3 is 5.69 Å². The lowest BCUT2D eigenvalue weighted by molar-refractivity contribution is -0.0542. The summed E-state index contributed by atoms with van der Waals surface area (Å²) >= 11 is 0.